The van der Waals surface area contributed by atoms with Crippen molar-refractivity contribution in [3.8, 4) is 11.1 Å². The van der Waals surface area contributed by atoms with Crippen LogP contribution in [0.25, 0.3) is 11.1 Å². The summed E-state index contributed by atoms with van der Waals surface area (Å²) in [6.45, 7) is 0. The summed E-state index contributed by atoms with van der Waals surface area (Å²) in [5.41, 5.74) is 12.3. The molecule has 1 aliphatic rings. The first-order valence-corrected chi connectivity index (χ1v) is 17.9. The molecule has 0 spiro atoms. The van der Waals surface area contributed by atoms with E-state index in [1.165, 1.54) is 55.6 Å². The first kappa shape index (κ1) is 32.8. The quantitative estimate of drug-likeness (QED) is 0.124. The summed E-state index contributed by atoms with van der Waals surface area (Å²) in [6.07, 6.45) is 5.93. The predicted octanol–water partition coefficient (Wildman–Crippen LogP) is 9.90. The lowest BCUT2D eigenvalue weighted by atomic mass is 9.67. The molecule has 7 rings (SSSR count). The minimum atomic E-state index is -0.436. The number of hydrogen-bond donors (Lipinski definition) is 2. The molecule has 2 unspecified atom stereocenters. The Morgan fingerprint density at radius 1 is 0.347 bits per heavy atom. The second-order valence-electron chi connectivity index (χ2n) is 13.7. The highest BCUT2D eigenvalue weighted by Gasteiger charge is 2.45. The van der Waals surface area contributed by atoms with Crippen LogP contribution in [0, 0.1) is 0 Å². The zero-order valence-corrected chi connectivity index (χ0v) is 28.2. The first-order valence-electron chi connectivity index (χ1n) is 17.9. The molecule has 6 aromatic rings. The van der Waals surface area contributed by atoms with Crippen LogP contribution in [0.1, 0.15) is 70.2 Å². The topological polar surface area (TPSA) is 40.5 Å². The zero-order valence-electron chi connectivity index (χ0n) is 28.2. The minimum Gasteiger partial charge on any atom is -0.393 e. The van der Waals surface area contributed by atoms with E-state index >= 15 is 0 Å². The highest BCUT2D eigenvalue weighted by atomic mass is 16.3. The van der Waals surface area contributed by atoms with Gasteiger partial charge in [-0.25, -0.2) is 0 Å². The van der Waals surface area contributed by atoms with Crippen molar-refractivity contribution >= 4 is 0 Å². The van der Waals surface area contributed by atoms with Crippen LogP contribution in [0.3, 0.4) is 0 Å². The molecular weight excluding hydrogens is 597 g/mol. The number of fused-ring (bicyclic) bond motifs is 3. The Bertz CT molecular complexity index is 1780. The maximum absolute atomic E-state index is 10.8. The molecule has 0 amide bonds. The van der Waals surface area contributed by atoms with Gasteiger partial charge in [0, 0.05) is 0 Å². The van der Waals surface area contributed by atoms with Crippen LogP contribution in [0.15, 0.2) is 158 Å². The van der Waals surface area contributed by atoms with Crippen LogP contribution in [0.5, 0.6) is 0 Å². The molecule has 6 aromatic carbocycles. The number of rotatable bonds is 14. The highest BCUT2D eigenvalue weighted by molar-refractivity contribution is 5.86. The zero-order chi connectivity index (χ0) is 33.5. The van der Waals surface area contributed by atoms with Crippen LogP contribution >= 0.6 is 0 Å². The Hall–Kier alpha value is -4.76. The lowest BCUT2D eigenvalue weighted by Crippen LogP contribution is -2.28. The molecule has 2 atom stereocenters. The lowest BCUT2D eigenvalue weighted by Gasteiger charge is -2.34. The standard InChI is InChI=1S/C47H46O2/c48-41(31-23-35-11-3-1-4-12-35)33-25-37-19-27-39(28-20-37)47(45-17-9-7-15-43(45)44-16-8-10-18-46(44)47)40-29-21-38(22-30-40)26-34-42(49)32-24-36-13-5-2-6-14-36/h1-22,27-30,41-42,48-49H,23-26,31-34H2. The monoisotopic (exact) mass is 642 g/mol. The second kappa shape index (κ2) is 15.2. The summed E-state index contributed by atoms with van der Waals surface area (Å²) >= 11 is 0. The molecule has 246 valence electrons. The van der Waals surface area contributed by atoms with E-state index < -0.39 is 5.41 Å². The van der Waals surface area contributed by atoms with Crippen molar-refractivity contribution in [1.82, 2.24) is 0 Å². The fourth-order valence-corrected chi connectivity index (χ4v) is 7.78. The molecule has 0 aromatic heterocycles. The molecule has 0 saturated carbocycles. The average molecular weight is 643 g/mol. The Morgan fingerprint density at radius 2 is 0.653 bits per heavy atom. The number of hydrogen-bond acceptors (Lipinski definition) is 2. The summed E-state index contributed by atoms with van der Waals surface area (Å²) < 4.78 is 0. The molecule has 2 heteroatoms. The molecule has 49 heavy (non-hydrogen) atoms. The molecule has 1 aliphatic carbocycles. The molecule has 0 bridgehead atoms. The van der Waals surface area contributed by atoms with Gasteiger partial charge in [0.1, 0.15) is 0 Å². The van der Waals surface area contributed by atoms with E-state index in [4.69, 9.17) is 0 Å². The van der Waals surface area contributed by atoms with Gasteiger partial charge in [-0.15, -0.1) is 0 Å². The third kappa shape index (κ3) is 7.17. The molecule has 0 fully saturated rings. The number of aliphatic hydroxyl groups is 2. The van der Waals surface area contributed by atoms with Gasteiger partial charge in [-0.1, -0.05) is 158 Å². The van der Waals surface area contributed by atoms with Gasteiger partial charge in [0.25, 0.3) is 0 Å². The molecule has 2 nitrogen and oxygen atoms in total. The van der Waals surface area contributed by atoms with Crippen molar-refractivity contribution in [2.24, 2.45) is 0 Å². The molecular formula is C47H46O2. The summed E-state index contributed by atoms with van der Waals surface area (Å²) in [7, 11) is 0. The van der Waals surface area contributed by atoms with Gasteiger partial charge in [-0.2, -0.15) is 0 Å². The van der Waals surface area contributed by atoms with Crippen molar-refractivity contribution in [3.63, 3.8) is 0 Å². The van der Waals surface area contributed by atoms with E-state index in [9.17, 15) is 10.2 Å². The first-order chi connectivity index (χ1) is 24.1. The third-order valence-corrected chi connectivity index (χ3v) is 10.5. The summed E-state index contributed by atoms with van der Waals surface area (Å²) in [5.74, 6) is 0. The Kier molecular flexibility index (Phi) is 10.2. The normalized spacial score (nSPS) is 14.2. The third-order valence-electron chi connectivity index (χ3n) is 10.5. The van der Waals surface area contributed by atoms with Gasteiger partial charge >= 0.3 is 0 Å². The molecule has 0 heterocycles. The Balaban J connectivity index is 1.11. The summed E-state index contributed by atoms with van der Waals surface area (Å²) in [4.78, 5) is 0. The second-order valence-corrected chi connectivity index (χ2v) is 13.7. The van der Waals surface area contributed by atoms with Crippen LogP contribution in [-0.4, -0.2) is 22.4 Å². The van der Waals surface area contributed by atoms with Crippen molar-refractivity contribution in [1.29, 1.82) is 0 Å². The van der Waals surface area contributed by atoms with Crippen LogP contribution in [0.4, 0.5) is 0 Å². The van der Waals surface area contributed by atoms with E-state index in [-0.39, 0.29) is 12.2 Å². The fraction of sp³-hybridized carbons (Fsp3) is 0.234. The predicted molar refractivity (Wildman–Crippen MR) is 202 cm³/mol. The average Bonchev–Trinajstić information content (AvgIpc) is 3.47. The van der Waals surface area contributed by atoms with E-state index in [0.29, 0.717) is 0 Å². The van der Waals surface area contributed by atoms with Crippen molar-refractivity contribution in [2.75, 3.05) is 0 Å². The lowest BCUT2D eigenvalue weighted by molar-refractivity contribution is 0.155. The van der Waals surface area contributed by atoms with Crippen LogP contribution in [0.2, 0.25) is 0 Å². The molecule has 0 radical (unpaired) electrons. The molecule has 0 saturated heterocycles. The van der Waals surface area contributed by atoms with E-state index in [1.807, 2.05) is 12.1 Å². The van der Waals surface area contributed by atoms with Crippen molar-refractivity contribution < 1.29 is 10.2 Å². The number of aryl methyl sites for hydroxylation is 4. The molecule has 0 aliphatic heterocycles. The van der Waals surface area contributed by atoms with E-state index in [2.05, 4.69) is 146 Å². The van der Waals surface area contributed by atoms with Gasteiger partial charge in [-0.05, 0) is 107 Å². The van der Waals surface area contributed by atoms with E-state index in [1.54, 1.807) is 0 Å². The maximum atomic E-state index is 10.8. The van der Waals surface area contributed by atoms with Gasteiger partial charge in [0.05, 0.1) is 17.6 Å². The number of aliphatic hydroxyl groups excluding tert-OH is 2. The maximum Gasteiger partial charge on any atom is 0.0713 e. The van der Waals surface area contributed by atoms with E-state index in [0.717, 1.165) is 51.4 Å². The largest absolute Gasteiger partial charge is 0.393 e. The summed E-state index contributed by atoms with van der Waals surface area (Å²) in [6, 6.07) is 56.8. The smallest absolute Gasteiger partial charge is 0.0713 e. The Labute approximate surface area is 291 Å². The number of benzene rings is 6. The minimum absolute atomic E-state index is 0.316. The van der Waals surface area contributed by atoms with Crippen molar-refractivity contribution in [3.05, 3.63) is 202 Å². The fourth-order valence-electron chi connectivity index (χ4n) is 7.78. The van der Waals surface area contributed by atoms with Crippen LogP contribution < -0.4 is 0 Å². The summed E-state index contributed by atoms with van der Waals surface area (Å²) in [5, 5.41) is 21.5. The van der Waals surface area contributed by atoms with Gasteiger partial charge in [-0.3, -0.25) is 0 Å². The van der Waals surface area contributed by atoms with Gasteiger partial charge in [0.15, 0.2) is 0 Å². The SMILES string of the molecule is OC(CCc1ccccc1)CCc1ccc(C2(c3ccc(CCC(O)CCc4ccccc4)cc3)c3ccccc3-c3ccccc32)cc1. The Morgan fingerprint density at radius 3 is 1.02 bits per heavy atom. The van der Waals surface area contributed by atoms with Gasteiger partial charge < -0.3 is 10.2 Å². The van der Waals surface area contributed by atoms with Gasteiger partial charge in [0.2, 0.25) is 0 Å². The van der Waals surface area contributed by atoms with Crippen molar-refractivity contribution in [2.45, 2.75) is 69.0 Å². The van der Waals surface area contributed by atoms with Crippen LogP contribution in [-0.2, 0) is 31.1 Å². The molecule has 2 N–H and O–H groups in total. The highest BCUT2D eigenvalue weighted by Crippen LogP contribution is 2.56.